The summed E-state index contributed by atoms with van der Waals surface area (Å²) in [5.41, 5.74) is 1.92. The molecule has 0 aromatic heterocycles. The summed E-state index contributed by atoms with van der Waals surface area (Å²) in [5, 5.41) is 20.7. The minimum absolute atomic E-state index is 0.0222. The van der Waals surface area contributed by atoms with Crippen LogP contribution in [0.1, 0.15) is 30.4 Å². The molecule has 0 aliphatic carbocycles. The molecule has 0 radical (unpaired) electrons. The Morgan fingerprint density at radius 3 is 2.38 bits per heavy atom. The van der Waals surface area contributed by atoms with Crippen molar-refractivity contribution in [1.29, 1.82) is 5.26 Å². The van der Waals surface area contributed by atoms with Gasteiger partial charge in [0.2, 0.25) is 0 Å². The zero-order valence-corrected chi connectivity index (χ0v) is 13.7. The SMILES string of the molecule is N#C[C@H]1C[C@@]2(c3ccccc3)[C@H](O)CC[C@@H]1N2Cc1ccccc1. The van der Waals surface area contributed by atoms with Crippen LogP contribution in [0.25, 0.3) is 0 Å². The average Bonchev–Trinajstić information content (AvgIpc) is 2.86. The molecule has 4 atom stereocenters. The van der Waals surface area contributed by atoms with Crippen LogP contribution in [0.15, 0.2) is 60.7 Å². The van der Waals surface area contributed by atoms with E-state index in [1.807, 2.05) is 24.3 Å². The van der Waals surface area contributed by atoms with Crippen LogP contribution in [0.3, 0.4) is 0 Å². The highest BCUT2D eigenvalue weighted by Crippen LogP contribution is 2.53. The Kier molecular flexibility index (Phi) is 3.88. The first-order chi connectivity index (χ1) is 11.8. The van der Waals surface area contributed by atoms with Gasteiger partial charge in [0.1, 0.15) is 0 Å². The molecule has 2 fully saturated rings. The van der Waals surface area contributed by atoms with Gasteiger partial charge in [0.25, 0.3) is 0 Å². The summed E-state index contributed by atoms with van der Waals surface area (Å²) in [6, 6.07) is 23.4. The van der Waals surface area contributed by atoms with Crippen molar-refractivity contribution in [3.8, 4) is 6.07 Å². The van der Waals surface area contributed by atoms with Crippen LogP contribution in [0, 0.1) is 17.2 Å². The first-order valence-corrected chi connectivity index (χ1v) is 8.69. The zero-order valence-electron chi connectivity index (χ0n) is 13.7. The third-order valence-electron chi connectivity index (χ3n) is 5.83. The topological polar surface area (TPSA) is 47.3 Å². The van der Waals surface area contributed by atoms with Crippen LogP contribution in [0.5, 0.6) is 0 Å². The second kappa shape index (κ2) is 6.05. The van der Waals surface area contributed by atoms with Crippen molar-refractivity contribution < 1.29 is 5.11 Å². The van der Waals surface area contributed by atoms with E-state index in [0.717, 1.165) is 24.9 Å². The largest absolute Gasteiger partial charge is 0.391 e. The van der Waals surface area contributed by atoms with E-state index in [-0.39, 0.29) is 12.0 Å². The van der Waals surface area contributed by atoms with E-state index < -0.39 is 11.6 Å². The lowest BCUT2D eigenvalue weighted by Gasteiger charge is -2.48. The van der Waals surface area contributed by atoms with Crippen LogP contribution < -0.4 is 0 Å². The number of piperidine rings is 1. The monoisotopic (exact) mass is 318 g/mol. The van der Waals surface area contributed by atoms with Crippen LogP contribution in [0.4, 0.5) is 0 Å². The Labute approximate surface area is 143 Å². The molecule has 0 unspecified atom stereocenters. The summed E-state index contributed by atoms with van der Waals surface area (Å²) in [7, 11) is 0. The molecule has 122 valence electrons. The third kappa shape index (κ3) is 2.26. The summed E-state index contributed by atoms with van der Waals surface area (Å²) < 4.78 is 0. The number of benzene rings is 2. The molecule has 4 rings (SSSR count). The predicted octanol–water partition coefficient (Wildman–Crippen LogP) is 3.45. The first-order valence-electron chi connectivity index (χ1n) is 8.69. The van der Waals surface area contributed by atoms with E-state index in [9.17, 15) is 10.4 Å². The van der Waals surface area contributed by atoms with Crippen molar-refractivity contribution in [3.05, 3.63) is 71.8 Å². The van der Waals surface area contributed by atoms with Crippen molar-refractivity contribution >= 4 is 0 Å². The number of aliphatic hydroxyl groups excluding tert-OH is 1. The number of fused-ring (bicyclic) bond motifs is 2. The second-order valence-corrected chi connectivity index (χ2v) is 7.00. The number of hydrogen-bond donors (Lipinski definition) is 1. The molecule has 2 aliphatic heterocycles. The molecule has 2 bridgehead atoms. The lowest BCUT2D eigenvalue weighted by atomic mass is 9.78. The van der Waals surface area contributed by atoms with Gasteiger partial charge in [-0.2, -0.15) is 5.26 Å². The standard InChI is InChI=1S/C21H22N2O/c22-14-17-13-21(18-9-5-2-6-10-18)20(24)12-11-19(17)23(21)15-16-7-3-1-4-8-16/h1-10,17,19-20,24H,11-13,15H2/t17-,19+,20-,21-/m1/s1. The number of nitrogens with zero attached hydrogens (tertiary/aromatic N) is 2. The summed E-state index contributed by atoms with van der Waals surface area (Å²) in [4.78, 5) is 2.40. The minimum atomic E-state index is -0.444. The van der Waals surface area contributed by atoms with E-state index in [4.69, 9.17) is 0 Å². The highest BCUT2D eigenvalue weighted by Gasteiger charge is 2.58. The molecular formula is C21H22N2O. The molecule has 2 heterocycles. The molecule has 1 N–H and O–H groups in total. The fraction of sp³-hybridized carbons (Fsp3) is 0.381. The van der Waals surface area contributed by atoms with Gasteiger partial charge in [0.05, 0.1) is 23.6 Å². The molecule has 3 nitrogen and oxygen atoms in total. The number of hydrogen-bond acceptors (Lipinski definition) is 3. The van der Waals surface area contributed by atoms with Gasteiger partial charge in [-0.05, 0) is 30.4 Å². The lowest BCUT2D eigenvalue weighted by Crippen LogP contribution is -2.55. The van der Waals surface area contributed by atoms with Crippen molar-refractivity contribution in [3.63, 3.8) is 0 Å². The smallest absolute Gasteiger partial charge is 0.0767 e. The van der Waals surface area contributed by atoms with Gasteiger partial charge in [-0.25, -0.2) is 0 Å². The van der Waals surface area contributed by atoms with Gasteiger partial charge in [0, 0.05) is 12.6 Å². The number of aliphatic hydroxyl groups is 1. The summed E-state index contributed by atoms with van der Waals surface area (Å²) >= 11 is 0. The summed E-state index contributed by atoms with van der Waals surface area (Å²) in [6.45, 7) is 0.773. The second-order valence-electron chi connectivity index (χ2n) is 7.00. The highest BCUT2D eigenvalue weighted by molar-refractivity contribution is 5.33. The van der Waals surface area contributed by atoms with Gasteiger partial charge in [-0.3, -0.25) is 4.90 Å². The summed E-state index contributed by atoms with van der Waals surface area (Å²) in [5.74, 6) is -0.0222. The van der Waals surface area contributed by atoms with Crippen LogP contribution in [-0.4, -0.2) is 22.2 Å². The zero-order chi connectivity index (χ0) is 16.6. The van der Waals surface area contributed by atoms with Crippen molar-refractivity contribution in [2.75, 3.05) is 0 Å². The Morgan fingerprint density at radius 2 is 1.71 bits per heavy atom. The third-order valence-corrected chi connectivity index (χ3v) is 5.83. The molecule has 2 aromatic rings. The predicted molar refractivity (Wildman–Crippen MR) is 92.9 cm³/mol. The van der Waals surface area contributed by atoms with Crippen molar-refractivity contribution in [2.45, 2.75) is 43.5 Å². The quantitative estimate of drug-likeness (QED) is 0.943. The van der Waals surface area contributed by atoms with Crippen molar-refractivity contribution in [2.24, 2.45) is 5.92 Å². The Hall–Kier alpha value is -2.15. The van der Waals surface area contributed by atoms with Gasteiger partial charge < -0.3 is 5.11 Å². The maximum atomic E-state index is 11.0. The van der Waals surface area contributed by atoms with E-state index in [1.54, 1.807) is 0 Å². The molecule has 0 amide bonds. The van der Waals surface area contributed by atoms with E-state index in [2.05, 4.69) is 47.4 Å². The molecular weight excluding hydrogens is 296 g/mol. The number of nitriles is 1. The van der Waals surface area contributed by atoms with Gasteiger partial charge in [-0.15, -0.1) is 0 Å². The van der Waals surface area contributed by atoms with Gasteiger partial charge >= 0.3 is 0 Å². The normalized spacial score (nSPS) is 32.4. The maximum absolute atomic E-state index is 11.0. The fourth-order valence-electron chi connectivity index (χ4n) is 4.73. The van der Waals surface area contributed by atoms with Crippen LogP contribution >= 0.6 is 0 Å². The minimum Gasteiger partial charge on any atom is -0.391 e. The highest BCUT2D eigenvalue weighted by atomic mass is 16.3. The van der Waals surface area contributed by atoms with Gasteiger partial charge in [0.15, 0.2) is 0 Å². The Morgan fingerprint density at radius 1 is 1.04 bits per heavy atom. The molecule has 2 aliphatic rings. The molecule has 0 saturated carbocycles. The van der Waals surface area contributed by atoms with E-state index in [0.29, 0.717) is 6.42 Å². The first kappa shape index (κ1) is 15.4. The van der Waals surface area contributed by atoms with Crippen LogP contribution in [-0.2, 0) is 12.1 Å². The Bertz CT molecular complexity index is 739. The molecule has 0 spiro atoms. The van der Waals surface area contributed by atoms with Crippen molar-refractivity contribution in [1.82, 2.24) is 4.90 Å². The van der Waals surface area contributed by atoms with Gasteiger partial charge in [-0.1, -0.05) is 60.7 Å². The van der Waals surface area contributed by atoms with E-state index in [1.165, 1.54) is 5.56 Å². The number of rotatable bonds is 3. The fourth-order valence-corrected chi connectivity index (χ4v) is 4.73. The molecule has 3 heteroatoms. The average molecular weight is 318 g/mol. The Balaban J connectivity index is 1.81. The van der Waals surface area contributed by atoms with E-state index >= 15 is 0 Å². The molecule has 2 saturated heterocycles. The maximum Gasteiger partial charge on any atom is 0.0767 e. The van der Waals surface area contributed by atoms with Crippen LogP contribution in [0.2, 0.25) is 0 Å². The molecule has 2 aromatic carbocycles. The summed E-state index contributed by atoms with van der Waals surface area (Å²) in [6.07, 6.45) is 1.94. The molecule has 24 heavy (non-hydrogen) atoms. The lowest BCUT2D eigenvalue weighted by molar-refractivity contribution is -0.0671.